The molecule has 1 heterocycles. The number of hydrogen-bond donors (Lipinski definition) is 0. The molecular weight excluding hydrogens is 392 g/mol. The summed E-state index contributed by atoms with van der Waals surface area (Å²) in [7, 11) is -1.39. The molecule has 1 amide bonds. The molecular formula is C21H24N2O3S2. The van der Waals surface area contributed by atoms with Gasteiger partial charge in [-0.1, -0.05) is 29.5 Å². The summed E-state index contributed by atoms with van der Waals surface area (Å²) in [5.74, 6) is -0.254. The maximum absolute atomic E-state index is 12.5. The summed E-state index contributed by atoms with van der Waals surface area (Å²) in [6, 6.07) is 10.6. The van der Waals surface area contributed by atoms with Gasteiger partial charge >= 0.3 is 0 Å². The van der Waals surface area contributed by atoms with E-state index in [1.165, 1.54) is 22.5 Å². The lowest BCUT2D eigenvalue weighted by Crippen LogP contribution is -2.15. The summed E-state index contributed by atoms with van der Waals surface area (Å²) >= 11 is 1.49. The van der Waals surface area contributed by atoms with Gasteiger partial charge in [0.15, 0.2) is 14.6 Å². The Balaban J connectivity index is 1.87. The molecule has 5 nitrogen and oxygen atoms in total. The van der Waals surface area contributed by atoms with Gasteiger partial charge in [-0.25, -0.2) is 8.42 Å². The number of fused-ring (bicyclic) bond motifs is 1. The molecule has 3 aromatic rings. The summed E-state index contributed by atoms with van der Waals surface area (Å²) < 4.78 is 27.4. The average Bonchev–Trinajstić information content (AvgIpc) is 2.94. The van der Waals surface area contributed by atoms with E-state index in [4.69, 9.17) is 0 Å². The van der Waals surface area contributed by atoms with Crippen LogP contribution in [-0.2, 0) is 28.1 Å². The number of carbonyl (C=O) groups excluding carboxylic acids is 1. The molecule has 2 aromatic carbocycles. The largest absolute Gasteiger partial charge is 0.319 e. The monoisotopic (exact) mass is 416 g/mol. The first kappa shape index (κ1) is 20.5. The number of aryl methyl sites for hydroxylation is 3. The van der Waals surface area contributed by atoms with Gasteiger partial charge in [0.05, 0.1) is 26.8 Å². The summed E-state index contributed by atoms with van der Waals surface area (Å²) in [5, 5.41) is -0.477. The zero-order valence-corrected chi connectivity index (χ0v) is 18.3. The van der Waals surface area contributed by atoms with Crippen molar-refractivity contribution in [3.05, 3.63) is 57.9 Å². The Labute approximate surface area is 169 Å². The molecule has 28 heavy (non-hydrogen) atoms. The predicted octanol–water partition coefficient (Wildman–Crippen LogP) is 3.71. The van der Waals surface area contributed by atoms with Crippen LogP contribution in [0.1, 0.15) is 30.5 Å². The Hall–Kier alpha value is -2.25. The van der Waals surface area contributed by atoms with Crippen LogP contribution >= 0.6 is 11.3 Å². The van der Waals surface area contributed by atoms with Crippen LogP contribution in [0.15, 0.2) is 46.3 Å². The Bertz CT molecular complexity index is 1220. The van der Waals surface area contributed by atoms with Crippen molar-refractivity contribution in [2.45, 2.75) is 44.3 Å². The molecule has 0 saturated carbocycles. The number of carbonyl (C=O) groups is 1. The molecule has 148 valence electrons. The van der Waals surface area contributed by atoms with Gasteiger partial charge in [0.25, 0.3) is 5.91 Å². The maximum atomic E-state index is 12.5. The van der Waals surface area contributed by atoms with Gasteiger partial charge < -0.3 is 4.57 Å². The van der Waals surface area contributed by atoms with E-state index in [0.29, 0.717) is 4.80 Å². The lowest BCUT2D eigenvalue weighted by molar-refractivity contribution is -0.117. The molecule has 0 N–H and O–H groups in total. The summed E-state index contributed by atoms with van der Waals surface area (Å²) in [6.45, 7) is 7.44. The molecule has 0 fully saturated rings. The normalized spacial score (nSPS) is 12.9. The molecule has 0 saturated heterocycles. The number of rotatable bonds is 4. The predicted molar refractivity (Wildman–Crippen MR) is 113 cm³/mol. The fraction of sp³-hybridized carbons (Fsp3) is 0.333. The van der Waals surface area contributed by atoms with E-state index in [1.807, 2.05) is 11.6 Å². The van der Waals surface area contributed by atoms with Crippen LogP contribution in [0, 0.1) is 13.8 Å². The van der Waals surface area contributed by atoms with E-state index >= 15 is 0 Å². The SMILES string of the molecule is Cc1ccc2sc(=NC(=O)Cc3ccc(S(=O)(=O)C(C)C)cc3)n(C)c2c1C. The van der Waals surface area contributed by atoms with E-state index in [0.717, 1.165) is 15.8 Å². The Morgan fingerprint density at radius 1 is 1.11 bits per heavy atom. The number of sulfone groups is 1. The van der Waals surface area contributed by atoms with Gasteiger partial charge in [-0.05, 0) is 62.6 Å². The highest BCUT2D eigenvalue weighted by atomic mass is 32.2. The quantitative estimate of drug-likeness (QED) is 0.651. The van der Waals surface area contributed by atoms with Gasteiger partial charge in [-0.2, -0.15) is 4.99 Å². The van der Waals surface area contributed by atoms with E-state index in [1.54, 1.807) is 38.1 Å². The first-order valence-electron chi connectivity index (χ1n) is 9.07. The third kappa shape index (κ3) is 3.82. The van der Waals surface area contributed by atoms with Crippen molar-refractivity contribution >= 4 is 37.3 Å². The smallest absolute Gasteiger partial charge is 0.252 e. The summed E-state index contributed by atoms with van der Waals surface area (Å²) in [6.07, 6.45) is 0.133. The number of thiazole rings is 1. The molecule has 0 aliphatic rings. The molecule has 0 unspecified atom stereocenters. The third-order valence-electron chi connectivity index (χ3n) is 4.94. The van der Waals surface area contributed by atoms with Crippen LogP contribution in [-0.4, -0.2) is 24.1 Å². The second kappa shape index (κ2) is 7.64. The van der Waals surface area contributed by atoms with E-state index in [2.05, 4.69) is 31.0 Å². The van der Waals surface area contributed by atoms with E-state index < -0.39 is 15.1 Å². The van der Waals surface area contributed by atoms with Crippen LogP contribution in [0.3, 0.4) is 0 Å². The summed E-state index contributed by atoms with van der Waals surface area (Å²) in [5.41, 5.74) is 4.23. The first-order valence-corrected chi connectivity index (χ1v) is 11.4. The van der Waals surface area contributed by atoms with Crippen LogP contribution in [0.25, 0.3) is 10.2 Å². The van der Waals surface area contributed by atoms with E-state index in [-0.39, 0.29) is 17.2 Å². The van der Waals surface area contributed by atoms with Crippen LogP contribution in [0.4, 0.5) is 0 Å². The minimum atomic E-state index is -3.31. The molecule has 0 spiro atoms. The van der Waals surface area contributed by atoms with Crippen molar-refractivity contribution in [3.63, 3.8) is 0 Å². The number of nitrogens with zero attached hydrogens (tertiary/aromatic N) is 2. The van der Waals surface area contributed by atoms with Gasteiger partial charge in [0, 0.05) is 7.05 Å². The number of benzene rings is 2. The first-order chi connectivity index (χ1) is 13.1. The van der Waals surface area contributed by atoms with Gasteiger partial charge in [0.2, 0.25) is 0 Å². The van der Waals surface area contributed by atoms with Gasteiger partial charge in [-0.15, -0.1) is 0 Å². The molecule has 3 rings (SSSR count). The second-order valence-corrected chi connectivity index (χ2v) is 10.7. The van der Waals surface area contributed by atoms with Crippen molar-refractivity contribution in [1.82, 2.24) is 4.57 Å². The van der Waals surface area contributed by atoms with Crippen molar-refractivity contribution in [3.8, 4) is 0 Å². The van der Waals surface area contributed by atoms with Crippen molar-refractivity contribution in [2.24, 2.45) is 12.0 Å². The van der Waals surface area contributed by atoms with Crippen molar-refractivity contribution < 1.29 is 13.2 Å². The number of amides is 1. The molecule has 0 bridgehead atoms. The third-order valence-corrected chi connectivity index (χ3v) is 8.20. The number of hydrogen-bond acceptors (Lipinski definition) is 4. The minimum Gasteiger partial charge on any atom is -0.319 e. The maximum Gasteiger partial charge on any atom is 0.252 e. The van der Waals surface area contributed by atoms with Crippen LogP contribution < -0.4 is 4.80 Å². The standard InChI is InChI=1S/C21H24N2O3S2/c1-13(2)28(25,26)17-9-7-16(8-10-17)12-19(24)22-21-23(5)20-15(4)14(3)6-11-18(20)27-21/h6-11,13H,12H2,1-5H3. The minimum absolute atomic E-state index is 0.133. The molecule has 0 aliphatic heterocycles. The van der Waals surface area contributed by atoms with Gasteiger partial charge in [-0.3, -0.25) is 4.79 Å². The Morgan fingerprint density at radius 3 is 2.36 bits per heavy atom. The van der Waals surface area contributed by atoms with Gasteiger partial charge in [0.1, 0.15) is 0 Å². The Morgan fingerprint density at radius 2 is 1.75 bits per heavy atom. The fourth-order valence-corrected chi connectivity index (χ4v) is 5.18. The van der Waals surface area contributed by atoms with Crippen molar-refractivity contribution in [2.75, 3.05) is 0 Å². The zero-order valence-electron chi connectivity index (χ0n) is 16.7. The highest BCUT2D eigenvalue weighted by Gasteiger charge is 2.19. The topological polar surface area (TPSA) is 68.5 Å². The second-order valence-electron chi connectivity index (χ2n) is 7.22. The average molecular weight is 417 g/mol. The molecule has 0 atom stereocenters. The fourth-order valence-electron chi connectivity index (χ4n) is 3.03. The van der Waals surface area contributed by atoms with E-state index in [9.17, 15) is 13.2 Å². The van der Waals surface area contributed by atoms with Crippen molar-refractivity contribution in [1.29, 1.82) is 0 Å². The van der Waals surface area contributed by atoms with Crippen LogP contribution in [0.2, 0.25) is 0 Å². The molecule has 0 radical (unpaired) electrons. The Kier molecular flexibility index (Phi) is 5.59. The molecule has 0 aliphatic carbocycles. The molecule has 7 heteroatoms. The summed E-state index contributed by atoms with van der Waals surface area (Å²) in [4.78, 5) is 17.7. The highest BCUT2D eigenvalue weighted by molar-refractivity contribution is 7.92. The zero-order chi connectivity index (χ0) is 20.6. The highest BCUT2D eigenvalue weighted by Crippen LogP contribution is 2.23. The lowest BCUT2D eigenvalue weighted by Gasteiger charge is -2.08. The van der Waals surface area contributed by atoms with Crippen LogP contribution in [0.5, 0.6) is 0 Å². The molecule has 1 aromatic heterocycles. The lowest BCUT2D eigenvalue weighted by atomic mass is 10.1. The number of aromatic nitrogens is 1.